The lowest BCUT2D eigenvalue weighted by atomic mass is 10.1. The molecule has 4 aromatic rings. The van der Waals surface area contributed by atoms with Crippen LogP contribution >= 0.6 is 11.3 Å². The van der Waals surface area contributed by atoms with Crippen LogP contribution in [-0.2, 0) is 17.8 Å². The highest BCUT2D eigenvalue weighted by Crippen LogP contribution is 2.23. The van der Waals surface area contributed by atoms with Crippen molar-refractivity contribution in [2.75, 3.05) is 12.4 Å². The second kappa shape index (κ2) is 9.84. The molecule has 0 spiro atoms. The quantitative estimate of drug-likeness (QED) is 0.434. The molecule has 0 radical (unpaired) electrons. The van der Waals surface area contributed by atoms with Gasteiger partial charge in [-0.15, -0.1) is 11.3 Å². The number of carbonyl (C=O) groups excluding carboxylic acids is 1. The van der Waals surface area contributed by atoms with Crippen molar-refractivity contribution in [3.05, 3.63) is 88.4 Å². The van der Waals surface area contributed by atoms with E-state index in [9.17, 15) is 4.79 Å². The van der Waals surface area contributed by atoms with Gasteiger partial charge in [-0.1, -0.05) is 30.3 Å². The summed E-state index contributed by atoms with van der Waals surface area (Å²) in [6.45, 7) is 4.87. The summed E-state index contributed by atoms with van der Waals surface area (Å²) >= 11 is 1.53. The van der Waals surface area contributed by atoms with Crippen LogP contribution in [0.2, 0.25) is 0 Å². The third kappa shape index (κ3) is 5.27. The first-order valence-corrected chi connectivity index (χ1v) is 11.3. The van der Waals surface area contributed by atoms with Crippen LogP contribution in [0.15, 0.2) is 66.6 Å². The average Bonchev–Trinajstić information content (AvgIpc) is 3.47. The van der Waals surface area contributed by atoms with Crippen molar-refractivity contribution in [1.82, 2.24) is 24.6 Å². The van der Waals surface area contributed by atoms with E-state index in [2.05, 4.69) is 51.4 Å². The molecule has 1 atom stereocenters. The van der Waals surface area contributed by atoms with Crippen molar-refractivity contribution in [3.63, 3.8) is 0 Å². The third-order valence-corrected chi connectivity index (χ3v) is 6.36. The maximum atomic E-state index is 12.4. The van der Waals surface area contributed by atoms with Crippen molar-refractivity contribution in [2.45, 2.75) is 32.9 Å². The molecule has 0 bridgehead atoms. The molecule has 32 heavy (non-hydrogen) atoms. The number of aromatic nitrogens is 4. The van der Waals surface area contributed by atoms with Crippen LogP contribution in [0.5, 0.6) is 0 Å². The van der Waals surface area contributed by atoms with Crippen LogP contribution in [0.1, 0.15) is 34.8 Å². The van der Waals surface area contributed by atoms with Gasteiger partial charge >= 0.3 is 0 Å². The van der Waals surface area contributed by atoms with Crippen molar-refractivity contribution in [3.8, 4) is 5.69 Å². The largest absolute Gasteiger partial charge is 0.325 e. The van der Waals surface area contributed by atoms with Crippen molar-refractivity contribution < 1.29 is 4.79 Å². The minimum atomic E-state index is -0.0469. The standard InChI is InChI=1S/C24H26N6OS/c1-17-6-4-5-7-22(17)28-23(31)12-24-27-20(14-32-24)13-29(3)18(2)19-8-10-21(11-9-19)30-16-25-15-26-30/h4-11,14-16,18H,12-13H2,1-3H3,(H,28,31). The zero-order chi connectivity index (χ0) is 22.5. The summed E-state index contributed by atoms with van der Waals surface area (Å²) in [5.74, 6) is -0.0469. The Hall–Kier alpha value is -3.36. The van der Waals surface area contributed by atoms with E-state index in [1.165, 1.54) is 23.2 Å². The first-order valence-electron chi connectivity index (χ1n) is 10.4. The fraction of sp³-hybridized carbons (Fsp3) is 0.250. The predicted octanol–water partition coefficient (Wildman–Crippen LogP) is 4.41. The number of para-hydroxylation sites is 1. The molecule has 0 saturated carbocycles. The molecule has 2 aromatic heterocycles. The van der Waals surface area contributed by atoms with Crippen molar-refractivity contribution >= 4 is 22.9 Å². The summed E-state index contributed by atoms with van der Waals surface area (Å²) in [5, 5.41) is 9.99. The molecular weight excluding hydrogens is 420 g/mol. The summed E-state index contributed by atoms with van der Waals surface area (Å²) in [6.07, 6.45) is 3.49. The molecule has 1 amide bonds. The van der Waals surface area contributed by atoms with E-state index < -0.39 is 0 Å². The van der Waals surface area contributed by atoms with E-state index in [1.807, 2.05) is 48.7 Å². The number of nitrogens with one attached hydrogen (secondary N) is 1. The number of amides is 1. The van der Waals surface area contributed by atoms with Crippen LogP contribution in [-0.4, -0.2) is 37.6 Å². The summed E-state index contributed by atoms with van der Waals surface area (Å²) in [7, 11) is 2.08. The Kier molecular flexibility index (Phi) is 6.72. The second-order valence-electron chi connectivity index (χ2n) is 7.80. The average molecular weight is 447 g/mol. The van der Waals surface area contributed by atoms with Gasteiger partial charge in [-0.3, -0.25) is 9.69 Å². The lowest BCUT2D eigenvalue weighted by Crippen LogP contribution is -2.22. The number of aryl methyl sites for hydroxylation is 1. The number of carbonyl (C=O) groups is 1. The number of thiazole rings is 1. The topological polar surface area (TPSA) is 75.9 Å². The Balaban J connectivity index is 1.33. The second-order valence-corrected chi connectivity index (χ2v) is 8.74. The SMILES string of the molecule is Cc1ccccc1NC(=O)Cc1nc(CN(C)C(C)c2ccc(-n3cncn3)cc2)cs1. The molecule has 0 fully saturated rings. The highest BCUT2D eigenvalue weighted by molar-refractivity contribution is 7.09. The fourth-order valence-corrected chi connectivity index (χ4v) is 4.23. The van der Waals surface area contributed by atoms with Crippen LogP contribution in [0.25, 0.3) is 5.69 Å². The highest BCUT2D eigenvalue weighted by atomic mass is 32.1. The molecule has 0 aliphatic heterocycles. The Morgan fingerprint density at radius 1 is 1.19 bits per heavy atom. The van der Waals surface area contributed by atoms with Gasteiger partial charge in [0.15, 0.2) is 0 Å². The Morgan fingerprint density at radius 2 is 1.97 bits per heavy atom. The van der Waals surface area contributed by atoms with Crippen LogP contribution in [0.4, 0.5) is 5.69 Å². The van der Waals surface area contributed by atoms with Gasteiger partial charge in [-0.05, 0) is 50.2 Å². The highest BCUT2D eigenvalue weighted by Gasteiger charge is 2.15. The summed E-state index contributed by atoms with van der Waals surface area (Å²) in [5.41, 5.74) is 5.06. The van der Waals surface area contributed by atoms with E-state index in [1.54, 1.807) is 11.0 Å². The Bertz CT molecular complexity index is 1170. The normalized spacial score (nSPS) is 12.1. The first kappa shape index (κ1) is 21.9. The Labute approximate surface area is 191 Å². The number of benzene rings is 2. The molecule has 2 heterocycles. The molecule has 8 heteroatoms. The number of rotatable bonds is 8. The van der Waals surface area contributed by atoms with Gasteiger partial charge in [0, 0.05) is 23.7 Å². The molecule has 0 aliphatic carbocycles. The van der Waals surface area contributed by atoms with Gasteiger partial charge in [0.2, 0.25) is 5.91 Å². The van der Waals surface area contributed by atoms with Gasteiger partial charge in [-0.25, -0.2) is 14.6 Å². The van der Waals surface area contributed by atoms with E-state index in [4.69, 9.17) is 0 Å². The zero-order valence-electron chi connectivity index (χ0n) is 18.4. The molecule has 1 N–H and O–H groups in total. The molecular formula is C24H26N6OS. The molecule has 4 rings (SSSR count). The maximum Gasteiger partial charge on any atom is 0.231 e. The van der Waals surface area contributed by atoms with E-state index in [0.717, 1.165) is 27.6 Å². The monoisotopic (exact) mass is 446 g/mol. The molecule has 2 aromatic carbocycles. The molecule has 1 unspecified atom stereocenters. The molecule has 0 aliphatic rings. The summed E-state index contributed by atoms with van der Waals surface area (Å²) in [6, 6.07) is 16.3. The third-order valence-electron chi connectivity index (χ3n) is 5.46. The van der Waals surface area contributed by atoms with E-state index in [-0.39, 0.29) is 18.4 Å². The predicted molar refractivity (Wildman–Crippen MR) is 127 cm³/mol. The fourth-order valence-electron chi connectivity index (χ4n) is 3.44. The van der Waals surface area contributed by atoms with Crippen LogP contribution < -0.4 is 5.32 Å². The number of hydrogen-bond acceptors (Lipinski definition) is 6. The summed E-state index contributed by atoms with van der Waals surface area (Å²) < 4.78 is 1.74. The molecule has 164 valence electrons. The molecule has 0 saturated heterocycles. The van der Waals surface area contributed by atoms with Gasteiger partial charge in [0.1, 0.15) is 17.7 Å². The molecule has 7 nitrogen and oxygen atoms in total. The van der Waals surface area contributed by atoms with Gasteiger partial charge in [0.25, 0.3) is 0 Å². The van der Waals surface area contributed by atoms with Crippen molar-refractivity contribution in [2.24, 2.45) is 0 Å². The zero-order valence-corrected chi connectivity index (χ0v) is 19.2. The van der Waals surface area contributed by atoms with Crippen molar-refractivity contribution in [1.29, 1.82) is 0 Å². The van der Waals surface area contributed by atoms with E-state index >= 15 is 0 Å². The Morgan fingerprint density at radius 3 is 2.69 bits per heavy atom. The van der Waals surface area contributed by atoms with E-state index in [0.29, 0.717) is 6.54 Å². The smallest absolute Gasteiger partial charge is 0.231 e. The number of nitrogens with zero attached hydrogens (tertiary/aromatic N) is 5. The lowest BCUT2D eigenvalue weighted by molar-refractivity contribution is -0.115. The summed E-state index contributed by atoms with van der Waals surface area (Å²) in [4.78, 5) is 23.3. The van der Waals surface area contributed by atoms with Gasteiger partial charge in [-0.2, -0.15) is 5.10 Å². The van der Waals surface area contributed by atoms with Crippen LogP contribution in [0, 0.1) is 6.92 Å². The minimum Gasteiger partial charge on any atom is -0.325 e. The first-order chi connectivity index (χ1) is 15.5. The number of hydrogen-bond donors (Lipinski definition) is 1. The van der Waals surface area contributed by atoms with Crippen LogP contribution in [0.3, 0.4) is 0 Å². The van der Waals surface area contributed by atoms with Gasteiger partial charge < -0.3 is 5.32 Å². The minimum absolute atomic E-state index is 0.0469. The lowest BCUT2D eigenvalue weighted by Gasteiger charge is -2.24. The maximum absolute atomic E-state index is 12.4. The number of anilines is 1. The van der Waals surface area contributed by atoms with Gasteiger partial charge in [0.05, 0.1) is 17.8 Å².